The number of amides is 3. The summed E-state index contributed by atoms with van der Waals surface area (Å²) in [6.45, 7) is 2.59. The van der Waals surface area contributed by atoms with Crippen LogP contribution in [0.25, 0.3) is 0 Å². The van der Waals surface area contributed by atoms with Crippen LogP contribution in [-0.2, 0) is 4.79 Å². The number of nitrogens with zero attached hydrogens (tertiary/aromatic N) is 1. The van der Waals surface area contributed by atoms with Gasteiger partial charge in [0.25, 0.3) is 0 Å². The van der Waals surface area contributed by atoms with E-state index in [0.29, 0.717) is 31.5 Å². The number of nitrogens with one attached hydrogen (secondary N) is 1. The molecule has 0 spiro atoms. The second kappa shape index (κ2) is 6.72. The summed E-state index contributed by atoms with van der Waals surface area (Å²) in [6.07, 6.45) is 1.09. The Labute approximate surface area is 127 Å². The van der Waals surface area contributed by atoms with Gasteiger partial charge < -0.3 is 16.0 Å². The minimum absolute atomic E-state index is 0.187. The van der Waals surface area contributed by atoms with Crippen LogP contribution in [0.4, 0.5) is 13.6 Å². The Balaban J connectivity index is 1.91. The third kappa shape index (κ3) is 3.72. The van der Waals surface area contributed by atoms with Gasteiger partial charge in [-0.05, 0) is 37.5 Å². The summed E-state index contributed by atoms with van der Waals surface area (Å²) in [4.78, 5) is 24.8. The SMILES string of the molecule is C[C@@H](NC(=O)N1CCC(C(N)=O)CC1)c1ccc(F)c(F)c1. The van der Waals surface area contributed by atoms with Gasteiger partial charge in [0.15, 0.2) is 11.6 Å². The number of hydrogen-bond acceptors (Lipinski definition) is 2. The number of carbonyl (C=O) groups is 2. The zero-order valence-corrected chi connectivity index (χ0v) is 12.3. The Morgan fingerprint density at radius 1 is 1.27 bits per heavy atom. The molecule has 1 heterocycles. The van der Waals surface area contributed by atoms with Crippen LogP contribution in [0, 0.1) is 17.6 Å². The normalized spacial score (nSPS) is 17.1. The first kappa shape index (κ1) is 16.2. The van der Waals surface area contributed by atoms with E-state index in [1.165, 1.54) is 6.07 Å². The number of halogens is 2. The van der Waals surface area contributed by atoms with Crippen LogP contribution in [-0.4, -0.2) is 29.9 Å². The molecular weight excluding hydrogens is 292 g/mol. The van der Waals surface area contributed by atoms with Gasteiger partial charge in [0.05, 0.1) is 6.04 Å². The van der Waals surface area contributed by atoms with Crippen LogP contribution in [0.5, 0.6) is 0 Å². The summed E-state index contributed by atoms with van der Waals surface area (Å²) in [5.41, 5.74) is 5.73. The number of primary amides is 1. The van der Waals surface area contributed by atoms with Crippen LogP contribution in [0.1, 0.15) is 31.4 Å². The van der Waals surface area contributed by atoms with Gasteiger partial charge in [0.2, 0.25) is 5.91 Å². The third-order valence-electron chi connectivity index (χ3n) is 3.97. The maximum Gasteiger partial charge on any atom is 0.317 e. The standard InChI is InChI=1S/C15H19F2N3O2/c1-9(11-2-3-12(16)13(17)8-11)19-15(22)20-6-4-10(5-7-20)14(18)21/h2-3,8-10H,4-7H2,1H3,(H2,18,21)(H,19,22)/t9-/m1/s1. The van der Waals surface area contributed by atoms with Gasteiger partial charge in [-0.15, -0.1) is 0 Å². The van der Waals surface area contributed by atoms with E-state index in [1.807, 2.05) is 0 Å². The fourth-order valence-corrected chi connectivity index (χ4v) is 2.51. The Hall–Kier alpha value is -2.18. The monoisotopic (exact) mass is 311 g/mol. The van der Waals surface area contributed by atoms with Crippen LogP contribution < -0.4 is 11.1 Å². The topological polar surface area (TPSA) is 75.4 Å². The van der Waals surface area contributed by atoms with Gasteiger partial charge in [-0.1, -0.05) is 6.07 Å². The molecule has 5 nitrogen and oxygen atoms in total. The molecule has 3 amide bonds. The summed E-state index contributed by atoms with van der Waals surface area (Å²) >= 11 is 0. The lowest BCUT2D eigenvalue weighted by atomic mass is 9.96. The van der Waals surface area contributed by atoms with Crippen molar-refractivity contribution in [2.75, 3.05) is 13.1 Å². The summed E-state index contributed by atoms with van der Waals surface area (Å²) in [7, 11) is 0. The highest BCUT2D eigenvalue weighted by atomic mass is 19.2. The van der Waals surface area contributed by atoms with Crippen molar-refractivity contribution in [3.8, 4) is 0 Å². The number of hydrogen-bond donors (Lipinski definition) is 2. The predicted octanol–water partition coefficient (Wildman–Crippen LogP) is 1.93. The maximum atomic E-state index is 13.2. The van der Waals surface area contributed by atoms with E-state index >= 15 is 0 Å². The van der Waals surface area contributed by atoms with E-state index in [0.717, 1.165) is 12.1 Å². The van der Waals surface area contributed by atoms with Crippen LogP contribution in [0.15, 0.2) is 18.2 Å². The van der Waals surface area contributed by atoms with Crippen molar-refractivity contribution in [2.45, 2.75) is 25.8 Å². The fraction of sp³-hybridized carbons (Fsp3) is 0.467. The van der Waals surface area contributed by atoms with Gasteiger partial charge in [-0.3, -0.25) is 4.79 Å². The van der Waals surface area contributed by atoms with E-state index in [1.54, 1.807) is 11.8 Å². The van der Waals surface area contributed by atoms with Gasteiger partial charge in [0.1, 0.15) is 0 Å². The van der Waals surface area contributed by atoms with Crippen molar-refractivity contribution in [2.24, 2.45) is 11.7 Å². The largest absolute Gasteiger partial charge is 0.369 e. The minimum atomic E-state index is -0.944. The number of benzene rings is 1. The van der Waals surface area contributed by atoms with Crippen molar-refractivity contribution in [3.63, 3.8) is 0 Å². The number of likely N-dealkylation sites (tertiary alicyclic amines) is 1. The molecule has 1 aliphatic rings. The van der Waals surface area contributed by atoms with Crippen molar-refractivity contribution in [1.29, 1.82) is 0 Å². The molecule has 0 unspecified atom stereocenters. The smallest absolute Gasteiger partial charge is 0.317 e. The number of urea groups is 1. The Morgan fingerprint density at radius 3 is 2.45 bits per heavy atom. The average molecular weight is 311 g/mol. The minimum Gasteiger partial charge on any atom is -0.369 e. The molecule has 1 aromatic rings. The Bertz CT molecular complexity index is 572. The van der Waals surface area contributed by atoms with Crippen LogP contribution in [0.2, 0.25) is 0 Å². The highest BCUT2D eigenvalue weighted by molar-refractivity contribution is 5.78. The molecule has 0 radical (unpaired) electrons. The molecule has 3 N–H and O–H groups in total. The first-order chi connectivity index (χ1) is 10.4. The van der Waals surface area contributed by atoms with Gasteiger partial charge >= 0.3 is 6.03 Å². The highest BCUT2D eigenvalue weighted by Gasteiger charge is 2.26. The van der Waals surface area contributed by atoms with E-state index in [9.17, 15) is 18.4 Å². The number of rotatable bonds is 3. The van der Waals surface area contributed by atoms with Gasteiger partial charge in [-0.2, -0.15) is 0 Å². The lowest BCUT2D eigenvalue weighted by Crippen LogP contribution is -2.46. The maximum absolute atomic E-state index is 13.2. The summed E-state index contributed by atoms with van der Waals surface area (Å²) in [6, 6.07) is 2.80. The molecule has 120 valence electrons. The molecule has 1 aromatic carbocycles. The highest BCUT2D eigenvalue weighted by Crippen LogP contribution is 2.19. The molecule has 2 rings (SSSR count). The molecule has 1 saturated heterocycles. The first-order valence-corrected chi connectivity index (χ1v) is 7.18. The number of carbonyl (C=O) groups excluding carboxylic acids is 2. The summed E-state index contributed by atoms with van der Waals surface area (Å²) in [5, 5.41) is 2.74. The van der Waals surface area contributed by atoms with Crippen LogP contribution >= 0.6 is 0 Å². The van der Waals surface area contributed by atoms with Crippen molar-refractivity contribution >= 4 is 11.9 Å². The summed E-state index contributed by atoms with van der Waals surface area (Å²) in [5.74, 6) is -2.39. The van der Waals surface area contributed by atoms with Crippen molar-refractivity contribution in [3.05, 3.63) is 35.4 Å². The number of piperidine rings is 1. The van der Waals surface area contributed by atoms with E-state index in [4.69, 9.17) is 5.73 Å². The second-order valence-electron chi connectivity index (χ2n) is 5.51. The van der Waals surface area contributed by atoms with Crippen molar-refractivity contribution in [1.82, 2.24) is 10.2 Å². The zero-order valence-electron chi connectivity index (χ0n) is 12.3. The van der Waals surface area contributed by atoms with Crippen molar-refractivity contribution < 1.29 is 18.4 Å². The molecule has 1 fully saturated rings. The lowest BCUT2D eigenvalue weighted by molar-refractivity contribution is -0.123. The molecule has 0 bridgehead atoms. The Morgan fingerprint density at radius 2 is 1.91 bits per heavy atom. The third-order valence-corrected chi connectivity index (χ3v) is 3.97. The summed E-state index contributed by atoms with van der Waals surface area (Å²) < 4.78 is 26.1. The molecule has 1 aliphatic heterocycles. The molecular formula is C15H19F2N3O2. The Kier molecular flexibility index (Phi) is 4.95. The predicted molar refractivity (Wildman–Crippen MR) is 76.8 cm³/mol. The van der Waals surface area contributed by atoms with Crippen LogP contribution in [0.3, 0.4) is 0 Å². The quantitative estimate of drug-likeness (QED) is 0.895. The van der Waals surface area contributed by atoms with E-state index in [-0.39, 0.29) is 17.9 Å². The zero-order chi connectivity index (χ0) is 16.3. The lowest BCUT2D eigenvalue weighted by Gasteiger charge is -2.31. The van der Waals surface area contributed by atoms with E-state index < -0.39 is 17.7 Å². The second-order valence-corrected chi connectivity index (χ2v) is 5.51. The van der Waals surface area contributed by atoms with Gasteiger partial charge in [0, 0.05) is 19.0 Å². The molecule has 0 saturated carbocycles. The van der Waals surface area contributed by atoms with E-state index in [2.05, 4.69) is 5.32 Å². The average Bonchev–Trinajstić information content (AvgIpc) is 2.50. The molecule has 0 aromatic heterocycles. The molecule has 7 heteroatoms. The van der Waals surface area contributed by atoms with Gasteiger partial charge in [-0.25, -0.2) is 13.6 Å². The molecule has 22 heavy (non-hydrogen) atoms. The molecule has 0 aliphatic carbocycles. The fourth-order valence-electron chi connectivity index (χ4n) is 2.51. The first-order valence-electron chi connectivity index (χ1n) is 7.18. The molecule has 1 atom stereocenters. The number of nitrogens with two attached hydrogens (primary N) is 1.